The molecule has 2 atom stereocenters. The fraction of sp³-hybridized carbons (Fsp3) is 0.571. The van der Waals surface area contributed by atoms with Crippen molar-refractivity contribution in [1.29, 1.82) is 0 Å². The van der Waals surface area contributed by atoms with Crippen molar-refractivity contribution < 1.29 is 29.0 Å². The van der Waals surface area contributed by atoms with Crippen molar-refractivity contribution in [2.75, 3.05) is 19.4 Å². The second-order valence-corrected chi connectivity index (χ2v) is 5.06. The molecular formula is C14H20FNO5. The lowest BCUT2D eigenvalue weighted by atomic mass is 9.92. The Hall–Kier alpha value is -1.41. The van der Waals surface area contributed by atoms with Crippen molar-refractivity contribution in [2.45, 2.75) is 37.6 Å². The summed E-state index contributed by atoms with van der Waals surface area (Å²) < 4.78 is 29.8. The van der Waals surface area contributed by atoms with E-state index in [1.54, 1.807) is 14.2 Å². The number of benzene rings is 1. The van der Waals surface area contributed by atoms with Crippen molar-refractivity contribution in [3.8, 4) is 5.75 Å². The lowest BCUT2D eigenvalue weighted by Gasteiger charge is -2.34. The van der Waals surface area contributed by atoms with Crippen LogP contribution in [0.25, 0.3) is 0 Å². The highest BCUT2D eigenvalue weighted by atomic mass is 19.1. The van der Waals surface area contributed by atoms with Crippen LogP contribution in [0, 0.1) is 5.82 Å². The van der Waals surface area contributed by atoms with Gasteiger partial charge >= 0.3 is 0 Å². The summed E-state index contributed by atoms with van der Waals surface area (Å²) in [7, 11) is 3.24. The predicted molar refractivity (Wildman–Crippen MR) is 72.3 cm³/mol. The van der Waals surface area contributed by atoms with Gasteiger partial charge in [0, 0.05) is 39.5 Å². The molecule has 0 bridgehead atoms. The molecule has 0 aromatic heterocycles. The molecule has 6 nitrogen and oxygen atoms in total. The molecule has 0 spiro atoms. The standard InChI is InChI=1S/C14H20FNO5/c1-19-10-6-11(20-2)8-12(7-10)21-14-5-9(15)3-4-13(14)16(17)18/h3-5,10-12,17-18H,6-8H2,1-2H3. The maximum Gasteiger partial charge on any atom is 0.151 e. The third kappa shape index (κ3) is 4.04. The van der Waals surface area contributed by atoms with Crippen LogP contribution in [0.1, 0.15) is 19.3 Å². The Bertz CT molecular complexity index is 459. The van der Waals surface area contributed by atoms with Gasteiger partial charge in [0.2, 0.25) is 0 Å². The lowest BCUT2D eigenvalue weighted by molar-refractivity contribution is -0.0506. The third-order valence-electron chi connectivity index (χ3n) is 3.67. The topological polar surface area (TPSA) is 71.4 Å². The highest BCUT2D eigenvalue weighted by Crippen LogP contribution is 2.32. The minimum Gasteiger partial charge on any atom is -0.488 e. The number of hydrogen-bond donors (Lipinski definition) is 2. The minimum atomic E-state index is -0.516. The number of methoxy groups -OCH3 is 2. The zero-order valence-corrected chi connectivity index (χ0v) is 12.0. The zero-order chi connectivity index (χ0) is 15.4. The summed E-state index contributed by atoms with van der Waals surface area (Å²) in [6, 6.07) is 3.47. The van der Waals surface area contributed by atoms with Crippen LogP contribution in [0.15, 0.2) is 18.2 Å². The molecule has 0 radical (unpaired) electrons. The summed E-state index contributed by atoms with van der Waals surface area (Å²) in [5.74, 6) is -0.449. The van der Waals surface area contributed by atoms with Crippen LogP contribution in [0.3, 0.4) is 0 Å². The predicted octanol–water partition coefficient (Wildman–Crippen LogP) is 2.37. The first kappa shape index (κ1) is 16.0. The van der Waals surface area contributed by atoms with E-state index in [4.69, 9.17) is 24.6 Å². The number of ether oxygens (including phenoxy) is 3. The van der Waals surface area contributed by atoms with Crippen LogP contribution in [0.5, 0.6) is 5.75 Å². The van der Waals surface area contributed by atoms with Crippen molar-refractivity contribution in [3.05, 3.63) is 24.0 Å². The lowest BCUT2D eigenvalue weighted by Crippen LogP contribution is -2.38. The Morgan fingerprint density at radius 2 is 1.62 bits per heavy atom. The summed E-state index contributed by atoms with van der Waals surface area (Å²) in [4.78, 5) is 0. The van der Waals surface area contributed by atoms with E-state index in [-0.39, 0.29) is 35.0 Å². The van der Waals surface area contributed by atoms with E-state index in [9.17, 15) is 4.39 Å². The first-order valence-electron chi connectivity index (χ1n) is 6.73. The van der Waals surface area contributed by atoms with Crippen molar-refractivity contribution in [3.63, 3.8) is 0 Å². The monoisotopic (exact) mass is 301 g/mol. The third-order valence-corrected chi connectivity index (χ3v) is 3.67. The molecule has 1 aliphatic carbocycles. The first-order valence-corrected chi connectivity index (χ1v) is 6.73. The quantitative estimate of drug-likeness (QED) is 0.814. The molecule has 0 heterocycles. The molecule has 2 rings (SSSR count). The largest absolute Gasteiger partial charge is 0.488 e. The highest BCUT2D eigenvalue weighted by Gasteiger charge is 2.31. The Balaban J connectivity index is 2.14. The molecule has 7 heteroatoms. The van der Waals surface area contributed by atoms with E-state index < -0.39 is 5.82 Å². The van der Waals surface area contributed by atoms with E-state index in [1.807, 2.05) is 0 Å². The summed E-state index contributed by atoms with van der Waals surface area (Å²) >= 11 is 0. The number of anilines is 1. The molecule has 0 saturated heterocycles. The molecule has 1 fully saturated rings. The maximum atomic E-state index is 13.3. The zero-order valence-electron chi connectivity index (χ0n) is 12.0. The number of hydrogen-bond acceptors (Lipinski definition) is 6. The highest BCUT2D eigenvalue weighted by molar-refractivity contribution is 5.55. The van der Waals surface area contributed by atoms with Gasteiger partial charge in [0.05, 0.1) is 12.2 Å². The van der Waals surface area contributed by atoms with E-state index in [0.717, 1.165) is 18.6 Å². The van der Waals surface area contributed by atoms with Gasteiger partial charge in [0.1, 0.15) is 17.6 Å². The van der Waals surface area contributed by atoms with Crippen LogP contribution in [0.2, 0.25) is 0 Å². The molecule has 21 heavy (non-hydrogen) atoms. The molecule has 1 aromatic carbocycles. The van der Waals surface area contributed by atoms with E-state index in [1.165, 1.54) is 6.07 Å². The molecule has 0 amide bonds. The number of rotatable bonds is 5. The van der Waals surface area contributed by atoms with Gasteiger partial charge in [-0.05, 0) is 12.1 Å². The smallest absolute Gasteiger partial charge is 0.151 e. The summed E-state index contributed by atoms with van der Waals surface area (Å²) in [5.41, 5.74) is -0.0232. The van der Waals surface area contributed by atoms with Gasteiger partial charge in [-0.2, -0.15) is 0 Å². The van der Waals surface area contributed by atoms with Gasteiger partial charge in [-0.1, -0.05) is 0 Å². The van der Waals surface area contributed by atoms with Crippen molar-refractivity contribution >= 4 is 5.69 Å². The maximum absolute atomic E-state index is 13.3. The van der Waals surface area contributed by atoms with E-state index in [2.05, 4.69) is 0 Å². The molecule has 118 valence electrons. The van der Waals surface area contributed by atoms with Gasteiger partial charge < -0.3 is 14.2 Å². The normalized spacial score (nSPS) is 25.7. The number of halogens is 1. The molecule has 2 N–H and O–H groups in total. The molecule has 1 aliphatic rings. The SMILES string of the molecule is COC1CC(OC)CC(Oc2cc(F)ccc2N(O)O)C1. The van der Waals surface area contributed by atoms with E-state index in [0.29, 0.717) is 12.8 Å². The van der Waals surface area contributed by atoms with Crippen LogP contribution >= 0.6 is 0 Å². The number of nitrogens with zero attached hydrogens (tertiary/aromatic N) is 1. The Kier molecular flexibility index (Phi) is 5.35. The molecule has 1 saturated carbocycles. The van der Waals surface area contributed by atoms with Crippen LogP contribution in [-0.2, 0) is 9.47 Å². The van der Waals surface area contributed by atoms with Gasteiger partial charge in [-0.15, -0.1) is 5.23 Å². The average molecular weight is 301 g/mol. The second kappa shape index (κ2) is 7.04. The van der Waals surface area contributed by atoms with Crippen molar-refractivity contribution in [1.82, 2.24) is 0 Å². The molecule has 1 aromatic rings. The Morgan fingerprint density at radius 3 is 2.14 bits per heavy atom. The fourth-order valence-electron chi connectivity index (χ4n) is 2.58. The van der Waals surface area contributed by atoms with Gasteiger partial charge in [-0.25, -0.2) is 4.39 Å². The minimum absolute atomic E-state index is 0.00920. The fourth-order valence-corrected chi connectivity index (χ4v) is 2.58. The first-order chi connectivity index (χ1) is 10.0. The van der Waals surface area contributed by atoms with Crippen molar-refractivity contribution in [2.24, 2.45) is 0 Å². The summed E-state index contributed by atoms with van der Waals surface area (Å²) in [6.07, 6.45) is 1.76. The van der Waals surface area contributed by atoms with Gasteiger partial charge in [0.15, 0.2) is 5.75 Å². The molecular weight excluding hydrogens is 281 g/mol. The summed E-state index contributed by atoms with van der Waals surface area (Å²) in [5, 5.41) is 18.2. The molecule has 2 unspecified atom stereocenters. The average Bonchev–Trinajstić information content (AvgIpc) is 2.46. The van der Waals surface area contributed by atoms with Crippen LogP contribution in [-0.4, -0.2) is 42.9 Å². The van der Waals surface area contributed by atoms with Gasteiger partial charge in [0.25, 0.3) is 0 Å². The van der Waals surface area contributed by atoms with Crippen LogP contribution in [0.4, 0.5) is 10.1 Å². The van der Waals surface area contributed by atoms with Crippen LogP contribution < -0.4 is 9.96 Å². The van der Waals surface area contributed by atoms with Gasteiger partial charge in [-0.3, -0.25) is 10.4 Å². The molecule has 0 aliphatic heterocycles. The second-order valence-electron chi connectivity index (χ2n) is 5.06. The Labute approximate surface area is 122 Å². The van der Waals surface area contributed by atoms with E-state index >= 15 is 0 Å². The Morgan fingerprint density at radius 1 is 1.05 bits per heavy atom. The summed E-state index contributed by atoms with van der Waals surface area (Å²) in [6.45, 7) is 0.